The Labute approximate surface area is 112 Å². The molecule has 19 heavy (non-hydrogen) atoms. The topological polar surface area (TPSA) is 118 Å². The molecule has 1 heterocycles. The summed E-state index contributed by atoms with van der Waals surface area (Å²) in [5.41, 5.74) is 6.57. The van der Waals surface area contributed by atoms with Crippen LogP contribution < -0.4 is 11.1 Å². The van der Waals surface area contributed by atoms with Crippen LogP contribution in [0.25, 0.3) is 11.3 Å². The summed E-state index contributed by atoms with van der Waals surface area (Å²) >= 11 is 1.34. The Kier molecular flexibility index (Phi) is 3.43. The van der Waals surface area contributed by atoms with E-state index in [0.29, 0.717) is 16.4 Å². The summed E-state index contributed by atoms with van der Waals surface area (Å²) < 4.78 is 0. The summed E-state index contributed by atoms with van der Waals surface area (Å²) in [6.07, 6.45) is 0. The number of aromatic nitrogens is 1. The van der Waals surface area contributed by atoms with E-state index in [9.17, 15) is 10.1 Å². The highest BCUT2D eigenvalue weighted by Gasteiger charge is 2.13. The van der Waals surface area contributed by atoms with Crippen LogP contribution in [0, 0.1) is 22.4 Å². The molecule has 8 heteroatoms. The smallest absolute Gasteiger partial charge is 0.270 e. The average Bonchev–Trinajstić information content (AvgIpc) is 2.69. The van der Waals surface area contributed by atoms with Gasteiger partial charge in [0.05, 0.1) is 10.6 Å². The first-order valence-electron chi connectivity index (χ1n) is 5.30. The SMILES string of the molecule is Cc1sc(NC(=N)N)nc1-c1cccc([N+](=O)[O-])c1. The quantitative estimate of drug-likeness (QED) is 0.344. The number of rotatable bonds is 3. The number of aryl methyl sites for hydroxylation is 1. The molecular formula is C11H11N5O2S. The third kappa shape index (κ3) is 2.86. The highest BCUT2D eigenvalue weighted by molar-refractivity contribution is 7.16. The van der Waals surface area contributed by atoms with E-state index in [2.05, 4.69) is 10.3 Å². The molecule has 2 aromatic rings. The van der Waals surface area contributed by atoms with Gasteiger partial charge in [-0.15, -0.1) is 11.3 Å². The minimum atomic E-state index is -0.445. The number of hydrogen-bond acceptors (Lipinski definition) is 5. The Morgan fingerprint density at radius 3 is 2.95 bits per heavy atom. The summed E-state index contributed by atoms with van der Waals surface area (Å²) in [7, 11) is 0. The molecule has 0 saturated carbocycles. The van der Waals surface area contributed by atoms with Gasteiger partial charge in [0.2, 0.25) is 0 Å². The third-order valence-electron chi connectivity index (χ3n) is 2.37. The minimum absolute atomic E-state index is 0.0194. The van der Waals surface area contributed by atoms with Crippen LogP contribution in [0.5, 0.6) is 0 Å². The number of hydrogen-bond donors (Lipinski definition) is 3. The molecule has 2 rings (SSSR count). The van der Waals surface area contributed by atoms with E-state index in [-0.39, 0.29) is 11.6 Å². The Hall–Kier alpha value is -2.48. The van der Waals surface area contributed by atoms with Gasteiger partial charge in [-0.25, -0.2) is 4.98 Å². The molecule has 98 valence electrons. The Morgan fingerprint density at radius 2 is 2.32 bits per heavy atom. The van der Waals surface area contributed by atoms with Gasteiger partial charge in [0.1, 0.15) is 0 Å². The van der Waals surface area contributed by atoms with Crippen LogP contribution in [-0.2, 0) is 0 Å². The van der Waals surface area contributed by atoms with Gasteiger partial charge in [-0.3, -0.25) is 15.5 Å². The normalized spacial score (nSPS) is 10.2. The molecule has 4 N–H and O–H groups in total. The van der Waals surface area contributed by atoms with Crippen LogP contribution in [0.2, 0.25) is 0 Å². The lowest BCUT2D eigenvalue weighted by Crippen LogP contribution is -2.20. The number of nitro groups is 1. The van der Waals surface area contributed by atoms with Gasteiger partial charge in [0, 0.05) is 22.6 Å². The van der Waals surface area contributed by atoms with Crippen LogP contribution >= 0.6 is 11.3 Å². The predicted molar refractivity (Wildman–Crippen MR) is 74.5 cm³/mol. The first-order valence-corrected chi connectivity index (χ1v) is 6.12. The van der Waals surface area contributed by atoms with E-state index >= 15 is 0 Å². The number of nitrogens with two attached hydrogens (primary N) is 1. The molecule has 0 bridgehead atoms. The molecule has 0 spiro atoms. The van der Waals surface area contributed by atoms with E-state index in [1.54, 1.807) is 12.1 Å². The first kappa shape index (κ1) is 13.0. The summed E-state index contributed by atoms with van der Waals surface area (Å²) in [6, 6.07) is 6.27. The van der Waals surface area contributed by atoms with Crippen molar-refractivity contribution in [3.63, 3.8) is 0 Å². The largest absolute Gasteiger partial charge is 0.370 e. The average molecular weight is 277 g/mol. The Balaban J connectivity index is 2.41. The highest BCUT2D eigenvalue weighted by Crippen LogP contribution is 2.31. The molecule has 0 saturated heterocycles. The monoisotopic (exact) mass is 277 g/mol. The maximum atomic E-state index is 10.8. The molecule has 7 nitrogen and oxygen atoms in total. The van der Waals surface area contributed by atoms with Crippen molar-refractivity contribution in [3.8, 4) is 11.3 Å². The maximum Gasteiger partial charge on any atom is 0.270 e. The van der Waals surface area contributed by atoms with Crippen molar-refractivity contribution in [2.45, 2.75) is 6.92 Å². The number of nitro benzene ring substituents is 1. The van der Waals surface area contributed by atoms with Crippen molar-refractivity contribution in [3.05, 3.63) is 39.3 Å². The van der Waals surface area contributed by atoms with Crippen LogP contribution in [0.4, 0.5) is 10.8 Å². The van der Waals surface area contributed by atoms with Crippen LogP contribution in [-0.4, -0.2) is 15.9 Å². The Morgan fingerprint density at radius 1 is 1.58 bits per heavy atom. The van der Waals surface area contributed by atoms with Gasteiger partial charge in [-0.1, -0.05) is 12.1 Å². The van der Waals surface area contributed by atoms with Crippen molar-refractivity contribution in [2.24, 2.45) is 5.73 Å². The zero-order chi connectivity index (χ0) is 14.0. The molecule has 0 aliphatic rings. The number of thiazole rings is 1. The third-order valence-corrected chi connectivity index (χ3v) is 3.25. The van der Waals surface area contributed by atoms with Crippen LogP contribution in [0.3, 0.4) is 0 Å². The van der Waals surface area contributed by atoms with Crippen LogP contribution in [0.1, 0.15) is 4.88 Å². The second-order valence-corrected chi connectivity index (χ2v) is 4.97. The number of nitrogens with zero attached hydrogens (tertiary/aromatic N) is 2. The predicted octanol–water partition coefficient (Wildman–Crippen LogP) is 2.33. The minimum Gasteiger partial charge on any atom is -0.370 e. The fourth-order valence-corrected chi connectivity index (χ4v) is 2.45. The molecule has 0 amide bonds. The molecule has 1 aromatic carbocycles. The Bertz CT molecular complexity index is 652. The lowest BCUT2D eigenvalue weighted by Gasteiger charge is -1.99. The molecule has 1 aromatic heterocycles. The van der Waals surface area contributed by atoms with Gasteiger partial charge in [-0.05, 0) is 6.92 Å². The van der Waals surface area contributed by atoms with Gasteiger partial charge >= 0.3 is 0 Å². The maximum absolute atomic E-state index is 10.8. The van der Waals surface area contributed by atoms with Crippen molar-refractivity contribution in [1.82, 2.24) is 4.98 Å². The zero-order valence-corrected chi connectivity index (χ0v) is 10.8. The van der Waals surface area contributed by atoms with Gasteiger partial charge in [0.15, 0.2) is 11.1 Å². The van der Waals surface area contributed by atoms with E-state index in [0.717, 1.165) is 4.88 Å². The molecule has 0 atom stereocenters. The fraction of sp³-hybridized carbons (Fsp3) is 0.0909. The van der Waals surface area contributed by atoms with Crippen molar-refractivity contribution in [2.75, 3.05) is 5.32 Å². The van der Waals surface area contributed by atoms with E-state index in [1.165, 1.54) is 23.5 Å². The molecule has 0 radical (unpaired) electrons. The zero-order valence-electron chi connectivity index (χ0n) is 10.0. The number of nitrogens with one attached hydrogen (secondary N) is 2. The van der Waals surface area contributed by atoms with Gasteiger partial charge in [0.25, 0.3) is 5.69 Å². The second kappa shape index (κ2) is 5.02. The molecule has 0 unspecified atom stereocenters. The van der Waals surface area contributed by atoms with Crippen molar-refractivity contribution >= 4 is 28.1 Å². The molecule has 0 aliphatic carbocycles. The van der Waals surface area contributed by atoms with Crippen molar-refractivity contribution < 1.29 is 4.92 Å². The molecule has 0 aliphatic heterocycles. The fourth-order valence-electron chi connectivity index (χ4n) is 1.60. The van der Waals surface area contributed by atoms with Gasteiger partial charge < -0.3 is 11.1 Å². The van der Waals surface area contributed by atoms with E-state index in [4.69, 9.17) is 11.1 Å². The number of benzene rings is 1. The molecular weight excluding hydrogens is 266 g/mol. The number of guanidine groups is 1. The molecule has 0 fully saturated rings. The second-order valence-electron chi connectivity index (χ2n) is 3.77. The van der Waals surface area contributed by atoms with Gasteiger partial charge in [-0.2, -0.15) is 0 Å². The van der Waals surface area contributed by atoms with E-state index in [1.807, 2.05) is 6.92 Å². The number of anilines is 1. The summed E-state index contributed by atoms with van der Waals surface area (Å²) in [5.74, 6) is -0.195. The standard InChI is InChI=1S/C11H11N5O2S/c1-6-9(14-11(19-6)15-10(12)13)7-3-2-4-8(5-7)16(17)18/h2-5H,1H3,(H4,12,13,14,15). The first-order chi connectivity index (χ1) is 8.97. The van der Waals surface area contributed by atoms with E-state index < -0.39 is 4.92 Å². The van der Waals surface area contributed by atoms with Crippen LogP contribution in [0.15, 0.2) is 24.3 Å². The lowest BCUT2D eigenvalue weighted by molar-refractivity contribution is -0.384. The number of non-ortho nitro benzene ring substituents is 1. The summed E-state index contributed by atoms with van der Waals surface area (Å²) in [4.78, 5) is 15.5. The summed E-state index contributed by atoms with van der Waals surface area (Å²) in [5, 5.41) is 21.0. The van der Waals surface area contributed by atoms with Crippen molar-refractivity contribution in [1.29, 1.82) is 5.41 Å². The summed E-state index contributed by atoms with van der Waals surface area (Å²) in [6.45, 7) is 1.86. The highest BCUT2D eigenvalue weighted by atomic mass is 32.1. The lowest BCUT2D eigenvalue weighted by atomic mass is 10.1.